The molecule has 0 aliphatic carbocycles. The number of rotatable bonds is 3. The van der Waals surface area contributed by atoms with Crippen LogP contribution in [-0.2, 0) is 0 Å². The van der Waals surface area contributed by atoms with E-state index < -0.39 is 0 Å². The van der Waals surface area contributed by atoms with Crippen molar-refractivity contribution in [3.63, 3.8) is 0 Å². The molecule has 2 aromatic heterocycles. The number of hydrogen-bond donors (Lipinski definition) is 1. The molecule has 7 heteroatoms. The number of nitrogens with zero attached hydrogens (tertiary/aromatic N) is 2. The molecule has 0 aliphatic rings. The number of benzene rings is 2. The van der Waals surface area contributed by atoms with Gasteiger partial charge in [-0.05, 0) is 48.9 Å². The lowest BCUT2D eigenvalue weighted by atomic mass is 10.1. The van der Waals surface area contributed by atoms with Gasteiger partial charge >= 0.3 is 0 Å². The molecule has 4 nitrogen and oxygen atoms in total. The van der Waals surface area contributed by atoms with Gasteiger partial charge in [0.2, 0.25) is 0 Å². The van der Waals surface area contributed by atoms with E-state index in [-0.39, 0.29) is 5.91 Å². The second-order valence-electron chi connectivity index (χ2n) is 5.94. The van der Waals surface area contributed by atoms with Crippen molar-refractivity contribution in [2.24, 2.45) is 0 Å². The molecule has 2 heterocycles. The third-order valence-corrected chi connectivity index (χ3v) is 5.55. The maximum absolute atomic E-state index is 12.6. The van der Waals surface area contributed by atoms with Gasteiger partial charge in [0.15, 0.2) is 0 Å². The van der Waals surface area contributed by atoms with Gasteiger partial charge in [0, 0.05) is 33.1 Å². The Balaban J connectivity index is 1.68. The molecule has 0 radical (unpaired) electrons. The predicted octanol–water partition coefficient (Wildman–Crippen LogP) is 6.23. The van der Waals surface area contributed by atoms with Gasteiger partial charge in [-0.2, -0.15) is 0 Å². The van der Waals surface area contributed by atoms with E-state index in [1.54, 1.807) is 24.4 Å². The summed E-state index contributed by atoms with van der Waals surface area (Å²) in [7, 11) is 0. The second-order valence-corrected chi connectivity index (χ2v) is 7.79. The molecule has 134 valence electrons. The normalized spacial score (nSPS) is 10.9. The Bertz CT molecular complexity index is 1120. The highest BCUT2D eigenvalue weighted by Crippen LogP contribution is 2.33. The quantitative estimate of drug-likeness (QED) is 0.433. The summed E-state index contributed by atoms with van der Waals surface area (Å²) in [5.41, 5.74) is 3.86. The number of aromatic nitrogens is 2. The first-order chi connectivity index (χ1) is 13.0. The van der Waals surface area contributed by atoms with Crippen molar-refractivity contribution in [2.75, 3.05) is 5.32 Å². The molecule has 1 N–H and O–H groups in total. The van der Waals surface area contributed by atoms with Crippen LogP contribution in [0.15, 0.2) is 54.7 Å². The van der Waals surface area contributed by atoms with Gasteiger partial charge in [-0.15, -0.1) is 0 Å². The fraction of sp³-hybridized carbons (Fsp3) is 0.0500. The Morgan fingerprint density at radius 1 is 1.07 bits per heavy atom. The van der Waals surface area contributed by atoms with E-state index in [4.69, 9.17) is 23.2 Å². The van der Waals surface area contributed by atoms with Crippen LogP contribution in [0.3, 0.4) is 0 Å². The van der Waals surface area contributed by atoms with Gasteiger partial charge in [0.25, 0.3) is 5.91 Å². The summed E-state index contributed by atoms with van der Waals surface area (Å²) in [6, 6.07) is 14.3. The number of pyridine rings is 1. The highest BCUT2D eigenvalue weighted by Gasteiger charge is 2.14. The Hall–Kier alpha value is -2.47. The van der Waals surface area contributed by atoms with Crippen LogP contribution in [0.4, 0.5) is 5.69 Å². The molecule has 0 aliphatic heterocycles. The zero-order chi connectivity index (χ0) is 19.0. The van der Waals surface area contributed by atoms with Crippen LogP contribution in [0, 0.1) is 6.92 Å². The minimum atomic E-state index is -0.273. The summed E-state index contributed by atoms with van der Waals surface area (Å²) in [6.07, 6.45) is 1.75. The van der Waals surface area contributed by atoms with Crippen LogP contribution in [0.25, 0.3) is 20.9 Å². The SMILES string of the molecule is Cc1c(NC(=O)c2cc(Cl)cc(Cl)c2)cccc1-c1nc2cccnc2s1. The van der Waals surface area contributed by atoms with Gasteiger partial charge in [-0.1, -0.05) is 46.7 Å². The topological polar surface area (TPSA) is 54.9 Å². The molecular weight excluding hydrogens is 401 g/mol. The third-order valence-electron chi connectivity index (χ3n) is 4.10. The lowest BCUT2D eigenvalue weighted by Gasteiger charge is -2.11. The van der Waals surface area contributed by atoms with E-state index in [9.17, 15) is 4.79 Å². The van der Waals surface area contributed by atoms with E-state index in [1.807, 2.05) is 37.3 Å². The van der Waals surface area contributed by atoms with Crippen molar-refractivity contribution >= 4 is 56.5 Å². The number of thiazole rings is 1. The molecule has 4 rings (SSSR count). The Morgan fingerprint density at radius 3 is 2.59 bits per heavy atom. The molecule has 4 aromatic rings. The number of nitrogens with one attached hydrogen (secondary N) is 1. The molecule has 0 unspecified atom stereocenters. The summed E-state index contributed by atoms with van der Waals surface area (Å²) in [6.45, 7) is 1.95. The van der Waals surface area contributed by atoms with Gasteiger partial charge in [-0.3, -0.25) is 4.79 Å². The Kier molecular flexibility index (Phi) is 4.83. The number of halogens is 2. The van der Waals surface area contributed by atoms with E-state index >= 15 is 0 Å². The molecule has 0 fully saturated rings. The highest BCUT2D eigenvalue weighted by atomic mass is 35.5. The van der Waals surface area contributed by atoms with Gasteiger partial charge in [0.05, 0.1) is 0 Å². The second kappa shape index (κ2) is 7.27. The predicted molar refractivity (Wildman–Crippen MR) is 112 cm³/mol. The molecule has 27 heavy (non-hydrogen) atoms. The first kappa shape index (κ1) is 17.9. The number of carbonyl (C=O) groups is 1. The fourth-order valence-corrected chi connectivity index (χ4v) is 4.28. The van der Waals surface area contributed by atoms with Crippen molar-refractivity contribution in [1.29, 1.82) is 0 Å². The molecular formula is C20H13Cl2N3OS. The van der Waals surface area contributed by atoms with Crippen molar-refractivity contribution in [2.45, 2.75) is 6.92 Å². The number of anilines is 1. The summed E-state index contributed by atoms with van der Waals surface area (Å²) in [5.74, 6) is -0.273. The largest absolute Gasteiger partial charge is 0.322 e. The molecule has 0 spiro atoms. The Morgan fingerprint density at radius 2 is 1.85 bits per heavy atom. The average molecular weight is 414 g/mol. The number of fused-ring (bicyclic) bond motifs is 1. The average Bonchev–Trinajstić information content (AvgIpc) is 3.06. The summed E-state index contributed by atoms with van der Waals surface area (Å²) >= 11 is 13.5. The molecule has 2 aromatic carbocycles. The van der Waals surface area contributed by atoms with Crippen LogP contribution in [0.5, 0.6) is 0 Å². The fourth-order valence-electron chi connectivity index (χ4n) is 2.77. The zero-order valence-corrected chi connectivity index (χ0v) is 16.5. The van der Waals surface area contributed by atoms with Crippen LogP contribution >= 0.6 is 34.5 Å². The standard InChI is InChI=1S/C20H13Cl2N3OS/c1-11-15(19-25-17-6-3-7-23-20(17)27-19)4-2-5-16(11)24-18(26)12-8-13(21)10-14(22)9-12/h2-10H,1H3,(H,24,26). The van der Waals surface area contributed by atoms with E-state index in [1.165, 1.54) is 11.3 Å². The van der Waals surface area contributed by atoms with Crippen LogP contribution in [-0.4, -0.2) is 15.9 Å². The first-order valence-electron chi connectivity index (χ1n) is 8.10. The maximum atomic E-state index is 12.6. The first-order valence-corrected chi connectivity index (χ1v) is 9.67. The van der Waals surface area contributed by atoms with Crippen molar-refractivity contribution in [3.05, 3.63) is 75.9 Å². The Labute approximate surface area is 169 Å². The van der Waals surface area contributed by atoms with Crippen molar-refractivity contribution < 1.29 is 4.79 Å². The van der Waals surface area contributed by atoms with Crippen LogP contribution < -0.4 is 5.32 Å². The molecule has 1 amide bonds. The molecule has 0 saturated heterocycles. The maximum Gasteiger partial charge on any atom is 0.255 e. The minimum absolute atomic E-state index is 0.273. The van der Waals surface area contributed by atoms with E-state index in [0.717, 1.165) is 26.5 Å². The lowest BCUT2D eigenvalue weighted by molar-refractivity contribution is 0.102. The lowest BCUT2D eigenvalue weighted by Crippen LogP contribution is -2.13. The minimum Gasteiger partial charge on any atom is -0.322 e. The monoisotopic (exact) mass is 413 g/mol. The van der Waals surface area contributed by atoms with E-state index in [0.29, 0.717) is 21.3 Å². The van der Waals surface area contributed by atoms with Gasteiger partial charge in [0.1, 0.15) is 15.4 Å². The zero-order valence-electron chi connectivity index (χ0n) is 14.2. The van der Waals surface area contributed by atoms with Crippen LogP contribution in [0.1, 0.15) is 15.9 Å². The van der Waals surface area contributed by atoms with Crippen molar-refractivity contribution in [3.8, 4) is 10.6 Å². The summed E-state index contributed by atoms with van der Waals surface area (Å²) in [4.78, 5) is 22.5. The summed E-state index contributed by atoms with van der Waals surface area (Å²) in [5, 5.41) is 4.63. The van der Waals surface area contributed by atoms with Crippen LogP contribution in [0.2, 0.25) is 10.0 Å². The molecule has 0 bridgehead atoms. The highest BCUT2D eigenvalue weighted by molar-refractivity contribution is 7.21. The smallest absolute Gasteiger partial charge is 0.255 e. The van der Waals surface area contributed by atoms with Crippen molar-refractivity contribution in [1.82, 2.24) is 9.97 Å². The number of amides is 1. The molecule has 0 saturated carbocycles. The third kappa shape index (κ3) is 3.67. The van der Waals surface area contributed by atoms with Gasteiger partial charge in [-0.25, -0.2) is 9.97 Å². The molecule has 0 atom stereocenters. The number of carbonyl (C=O) groups excluding carboxylic acids is 1. The van der Waals surface area contributed by atoms with Gasteiger partial charge < -0.3 is 5.32 Å². The van der Waals surface area contributed by atoms with E-state index in [2.05, 4.69) is 15.3 Å². The number of hydrogen-bond acceptors (Lipinski definition) is 4. The summed E-state index contributed by atoms with van der Waals surface area (Å²) < 4.78 is 0.